The minimum atomic E-state index is -0.225. The number of nitrogens with one attached hydrogen (secondary N) is 3. The SMILES string of the molecule is COc1nc(-c2cccc(-c3cccc(-c4cc5c(=O)n(C)c(CN[C@H]6CC[C@@H](O)CC6)nn5c4)c3Cl)c2Cl)ccc1CNC[C@@H]1CCC(=O)N1. The summed E-state index contributed by atoms with van der Waals surface area (Å²) in [5.41, 5.74) is 5.57. The topological polar surface area (TPSA) is 135 Å². The maximum atomic E-state index is 13.4. The first kappa shape index (κ1) is 35.2. The first-order chi connectivity index (χ1) is 24.7. The van der Waals surface area contributed by atoms with E-state index < -0.39 is 0 Å². The molecule has 2 aliphatic rings. The molecule has 2 aromatic carbocycles. The van der Waals surface area contributed by atoms with E-state index in [-0.39, 0.29) is 29.7 Å². The number of aromatic nitrogens is 4. The van der Waals surface area contributed by atoms with Gasteiger partial charge in [0.05, 0.1) is 35.5 Å². The summed E-state index contributed by atoms with van der Waals surface area (Å²) in [5.74, 6) is 1.21. The normalized spacial score (nSPS) is 19.1. The molecule has 1 aliphatic heterocycles. The van der Waals surface area contributed by atoms with Gasteiger partial charge in [0.2, 0.25) is 11.8 Å². The summed E-state index contributed by atoms with van der Waals surface area (Å²) in [6, 6.07) is 17.6. The number of ether oxygens (including phenoxy) is 1. The Morgan fingerprint density at radius 1 is 0.941 bits per heavy atom. The number of aliphatic hydroxyl groups excluding tert-OH is 1. The van der Waals surface area contributed by atoms with E-state index in [1.54, 1.807) is 23.2 Å². The van der Waals surface area contributed by atoms with Crippen molar-refractivity contribution in [3.63, 3.8) is 0 Å². The van der Waals surface area contributed by atoms with Crippen LogP contribution < -0.4 is 26.2 Å². The van der Waals surface area contributed by atoms with E-state index in [2.05, 4.69) is 16.0 Å². The van der Waals surface area contributed by atoms with Gasteiger partial charge >= 0.3 is 0 Å². The minimum Gasteiger partial charge on any atom is -0.481 e. The van der Waals surface area contributed by atoms with Crippen molar-refractivity contribution in [1.82, 2.24) is 35.1 Å². The molecule has 0 spiro atoms. The van der Waals surface area contributed by atoms with Gasteiger partial charge in [-0.3, -0.25) is 14.2 Å². The second-order valence-corrected chi connectivity index (χ2v) is 14.1. The highest BCUT2D eigenvalue weighted by atomic mass is 35.5. The fourth-order valence-corrected chi connectivity index (χ4v) is 7.70. The number of hydrogen-bond acceptors (Lipinski definition) is 8. The molecule has 4 N–H and O–H groups in total. The van der Waals surface area contributed by atoms with Crippen molar-refractivity contribution < 1.29 is 14.6 Å². The number of pyridine rings is 1. The third-order valence-corrected chi connectivity index (χ3v) is 10.8. The maximum Gasteiger partial charge on any atom is 0.277 e. The fraction of sp³-hybridized carbons (Fsp3) is 0.368. The number of hydrogen-bond donors (Lipinski definition) is 4. The van der Waals surface area contributed by atoms with E-state index in [1.807, 2.05) is 60.8 Å². The van der Waals surface area contributed by atoms with Crippen molar-refractivity contribution in [1.29, 1.82) is 0 Å². The van der Waals surface area contributed by atoms with E-state index in [1.165, 1.54) is 0 Å². The predicted molar refractivity (Wildman–Crippen MR) is 199 cm³/mol. The van der Waals surface area contributed by atoms with Gasteiger partial charge < -0.3 is 25.8 Å². The Kier molecular flexibility index (Phi) is 10.4. The molecule has 1 atom stereocenters. The number of halogens is 2. The molecule has 51 heavy (non-hydrogen) atoms. The lowest BCUT2D eigenvalue weighted by Crippen LogP contribution is -2.36. The zero-order valence-corrected chi connectivity index (χ0v) is 30.1. The molecule has 1 amide bonds. The van der Waals surface area contributed by atoms with Gasteiger partial charge in [0.1, 0.15) is 11.3 Å². The van der Waals surface area contributed by atoms with Gasteiger partial charge in [-0.15, -0.1) is 0 Å². The molecule has 1 saturated heterocycles. The van der Waals surface area contributed by atoms with E-state index in [4.69, 9.17) is 38.0 Å². The average molecular weight is 731 g/mol. The molecule has 4 heterocycles. The number of aliphatic hydroxyl groups is 1. The number of carbonyl (C=O) groups excluding carboxylic acids is 1. The smallest absolute Gasteiger partial charge is 0.277 e. The lowest BCUT2D eigenvalue weighted by molar-refractivity contribution is -0.119. The van der Waals surface area contributed by atoms with Crippen molar-refractivity contribution >= 4 is 34.6 Å². The van der Waals surface area contributed by atoms with Gasteiger partial charge in [-0.2, -0.15) is 5.10 Å². The van der Waals surface area contributed by atoms with Crippen LogP contribution in [-0.4, -0.2) is 62.0 Å². The molecular weight excluding hydrogens is 689 g/mol. The third-order valence-electron chi connectivity index (χ3n) is 9.98. The summed E-state index contributed by atoms with van der Waals surface area (Å²) in [6.45, 7) is 1.66. The summed E-state index contributed by atoms with van der Waals surface area (Å²) >= 11 is 14.2. The van der Waals surface area contributed by atoms with Crippen LogP contribution in [0.5, 0.6) is 5.88 Å². The molecule has 2 fully saturated rings. The van der Waals surface area contributed by atoms with Crippen molar-refractivity contribution in [2.24, 2.45) is 7.05 Å². The number of fused-ring (bicyclic) bond motifs is 1. The second kappa shape index (κ2) is 15.1. The lowest BCUT2D eigenvalue weighted by atomic mass is 9.93. The van der Waals surface area contributed by atoms with Crippen LogP contribution >= 0.6 is 23.2 Å². The van der Waals surface area contributed by atoms with Crippen LogP contribution in [0.4, 0.5) is 0 Å². The van der Waals surface area contributed by atoms with Crippen LogP contribution in [0, 0.1) is 0 Å². The predicted octanol–water partition coefficient (Wildman–Crippen LogP) is 5.51. The second-order valence-electron chi connectivity index (χ2n) is 13.4. The van der Waals surface area contributed by atoms with E-state index in [9.17, 15) is 14.7 Å². The van der Waals surface area contributed by atoms with Crippen molar-refractivity contribution in [3.05, 3.63) is 92.6 Å². The molecule has 1 aliphatic carbocycles. The van der Waals surface area contributed by atoms with E-state index in [0.29, 0.717) is 59.0 Å². The Hall–Kier alpha value is -4.26. The van der Waals surface area contributed by atoms with Crippen LogP contribution in [0.1, 0.15) is 49.9 Å². The van der Waals surface area contributed by atoms with Gasteiger partial charge in [-0.05, 0) is 44.2 Å². The van der Waals surface area contributed by atoms with Crippen molar-refractivity contribution in [3.8, 4) is 39.4 Å². The van der Waals surface area contributed by atoms with Gasteiger partial charge in [-0.25, -0.2) is 9.50 Å². The first-order valence-corrected chi connectivity index (χ1v) is 18.1. The highest BCUT2D eigenvalue weighted by molar-refractivity contribution is 6.39. The highest BCUT2D eigenvalue weighted by Gasteiger charge is 2.22. The molecule has 13 heteroatoms. The van der Waals surface area contributed by atoms with Crippen LogP contribution in [0.15, 0.2) is 65.6 Å². The average Bonchev–Trinajstić information content (AvgIpc) is 3.76. The van der Waals surface area contributed by atoms with Gasteiger partial charge in [-0.1, -0.05) is 65.7 Å². The summed E-state index contributed by atoms with van der Waals surface area (Å²) in [6.07, 6.45) is 6.35. The van der Waals surface area contributed by atoms with Crippen LogP contribution in [-0.2, 0) is 24.9 Å². The number of rotatable bonds is 11. The Labute approximate surface area is 306 Å². The van der Waals surface area contributed by atoms with Crippen LogP contribution in [0.25, 0.3) is 39.0 Å². The Bertz CT molecular complexity index is 2140. The van der Waals surface area contributed by atoms with E-state index >= 15 is 0 Å². The zero-order valence-electron chi connectivity index (χ0n) is 28.6. The molecule has 266 valence electrons. The fourth-order valence-electron chi connectivity index (χ4n) is 7.03. The molecule has 3 aromatic heterocycles. The monoisotopic (exact) mass is 729 g/mol. The molecule has 0 bridgehead atoms. The molecule has 5 aromatic rings. The maximum absolute atomic E-state index is 13.4. The lowest BCUT2D eigenvalue weighted by Gasteiger charge is -2.26. The Morgan fingerprint density at radius 3 is 2.35 bits per heavy atom. The largest absolute Gasteiger partial charge is 0.481 e. The minimum absolute atomic E-state index is 0.0937. The molecule has 0 unspecified atom stereocenters. The summed E-state index contributed by atoms with van der Waals surface area (Å²) in [5, 5.41) is 25.5. The van der Waals surface area contributed by atoms with Crippen molar-refractivity contribution in [2.75, 3.05) is 13.7 Å². The Balaban J connectivity index is 1.13. The quantitative estimate of drug-likeness (QED) is 0.140. The third kappa shape index (κ3) is 7.40. The van der Waals surface area contributed by atoms with Crippen molar-refractivity contribution in [2.45, 2.75) is 69.8 Å². The number of methoxy groups -OCH3 is 1. The number of carbonyl (C=O) groups is 1. The summed E-state index contributed by atoms with van der Waals surface area (Å²) in [7, 11) is 3.33. The standard InChI is InChI=1S/C38H41Cl2N7O4/c1-46-33(20-42-24-10-13-26(48)14-11-24)45-47-21-23(17-32(47)38(46)50)27-5-3-6-28(35(27)39)29-7-4-8-30(36(29)40)31-15-9-22(37(44-31)51-2)18-41-19-25-12-16-34(49)43-25/h3-9,15,17,21,24-26,41-42,48H,10-14,16,18-20H2,1-2H3,(H,43,49)/t24-,25-,26+/m0/s1. The van der Waals surface area contributed by atoms with Gasteiger partial charge in [0.15, 0.2) is 0 Å². The molecule has 11 nitrogen and oxygen atoms in total. The molecular formula is C38H41Cl2N7O4. The number of amides is 1. The van der Waals surface area contributed by atoms with Gasteiger partial charge in [0, 0.05) is 78.2 Å². The van der Waals surface area contributed by atoms with Gasteiger partial charge in [0.25, 0.3) is 5.56 Å². The first-order valence-electron chi connectivity index (χ1n) is 17.3. The molecule has 7 rings (SSSR count). The molecule has 0 radical (unpaired) electrons. The molecule has 1 saturated carbocycles. The zero-order chi connectivity index (χ0) is 35.6. The van der Waals surface area contributed by atoms with Crippen LogP contribution in [0.2, 0.25) is 10.0 Å². The number of nitrogens with zero attached hydrogens (tertiary/aromatic N) is 4. The highest BCUT2D eigenvalue weighted by Crippen LogP contribution is 2.42. The van der Waals surface area contributed by atoms with Crippen LogP contribution in [0.3, 0.4) is 0 Å². The number of benzene rings is 2. The summed E-state index contributed by atoms with van der Waals surface area (Å²) < 4.78 is 8.86. The Morgan fingerprint density at radius 2 is 1.65 bits per heavy atom. The van der Waals surface area contributed by atoms with E-state index in [0.717, 1.165) is 65.5 Å². The summed E-state index contributed by atoms with van der Waals surface area (Å²) in [4.78, 5) is 29.7.